The number of hydrogen-bond donors (Lipinski definition) is 0. The molecule has 4 rings (SSSR count). The van der Waals surface area contributed by atoms with E-state index >= 15 is 0 Å². The molecule has 2 heterocycles. The van der Waals surface area contributed by atoms with Crippen molar-refractivity contribution in [3.8, 4) is 10.6 Å². The van der Waals surface area contributed by atoms with Crippen LogP contribution in [0.25, 0.3) is 10.6 Å². The first kappa shape index (κ1) is 20.0. The van der Waals surface area contributed by atoms with Gasteiger partial charge in [0.2, 0.25) is 0 Å². The standard InChI is InChI=1S/C22H22FN3OS2/c1-2-28-19-12-6-4-10-17(19)22(27)26-13-7-8-15(14-26)20-24-25-21(29-20)16-9-3-5-11-18(16)23/h3-6,9-12,15H,2,7-8,13-14H2,1H3. The second kappa shape index (κ2) is 9.05. The lowest BCUT2D eigenvalue weighted by atomic mass is 9.98. The summed E-state index contributed by atoms with van der Waals surface area (Å²) in [6.07, 6.45) is 1.88. The van der Waals surface area contributed by atoms with Gasteiger partial charge in [-0.3, -0.25) is 4.79 Å². The third-order valence-corrected chi connectivity index (χ3v) is 7.09. The molecule has 1 atom stereocenters. The van der Waals surface area contributed by atoms with Crippen LogP contribution in [-0.4, -0.2) is 39.8 Å². The molecule has 0 aliphatic carbocycles. The average molecular weight is 428 g/mol. The van der Waals surface area contributed by atoms with Crippen LogP contribution in [0.3, 0.4) is 0 Å². The highest BCUT2D eigenvalue weighted by atomic mass is 32.2. The van der Waals surface area contributed by atoms with Crippen molar-refractivity contribution in [2.75, 3.05) is 18.8 Å². The summed E-state index contributed by atoms with van der Waals surface area (Å²) < 4.78 is 14.1. The van der Waals surface area contributed by atoms with Crippen LogP contribution in [0.1, 0.15) is 41.0 Å². The summed E-state index contributed by atoms with van der Waals surface area (Å²) in [7, 11) is 0. The molecular formula is C22H22FN3OS2. The van der Waals surface area contributed by atoms with Gasteiger partial charge in [-0.25, -0.2) is 4.39 Å². The van der Waals surface area contributed by atoms with E-state index in [2.05, 4.69) is 17.1 Å². The van der Waals surface area contributed by atoms with Gasteiger partial charge in [0.25, 0.3) is 5.91 Å². The topological polar surface area (TPSA) is 46.1 Å². The Hall–Kier alpha value is -2.25. The van der Waals surface area contributed by atoms with E-state index < -0.39 is 0 Å². The van der Waals surface area contributed by atoms with Gasteiger partial charge in [-0.15, -0.1) is 22.0 Å². The van der Waals surface area contributed by atoms with Crippen molar-refractivity contribution in [2.45, 2.75) is 30.6 Å². The molecule has 3 aromatic rings. The van der Waals surface area contributed by atoms with E-state index in [4.69, 9.17) is 0 Å². The Morgan fingerprint density at radius 1 is 1.21 bits per heavy atom. The maximum Gasteiger partial charge on any atom is 0.255 e. The van der Waals surface area contributed by atoms with Gasteiger partial charge in [-0.2, -0.15) is 0 Å². The van der Waals surface area contributed by atoms with E-state index in [1.54, 1.807) is 30.0 Å². The number of likely N-dealkylation sites (tertiary alicyclic amines) is 1. The zero-order valence-corrected chi connectivity index (χ0v) is 17.8. The highest BCUT2D eigenvalue weighted by Gasteiger charge is 2.29. The average Bonchev–Trinajstić information content (AvgIpc) is 3.24. The van der Waals surface area contributed by atoms with Crippen LogP contribution >= 0.6 is 23.1 Å². The molecule has 0 bridgehead atoms. The molecule has 1 aliphatic rings. The summed E-state index contributed by atoms with van der Waals surface area (Å²) >= 11 is 3.11. The molecule has 1 unspecified atom stereocenters. The van der Waals surface area contributed by atoms with Crippen molar-refractivity contribution < 1.29 is 9.18 Å². The number of carbonyl (C=O) groups is 1. The molecule has 4 nitrogen and oxygen atoms in total. The summed E-state index contributed by atoms with van der Waals surface area (Å²) in [5, 5.41) is 10.0. The van der Waals surface area contributed by atoms with Crippen LogP contribution in [0.5, 0.6) is 0 Å². The molecule has 0 N–H and O–H groups in total. The van der Waals surface area contributed by atoms with Crippen LogP contribution in [0, 0.1) is 5.82 Å². The largest absolute Gasteiger partial charge is 0.338 e. The van der Waals surface area contributed by atoms with Gasteiger partial charge in [-0.1, -0.05) is 42.5 Å². The molecule has 1 aromatic heterocycles. The normalized spacial score (nSPS) is 16.8. The number of piperidine rings is 1. The van der Waals surface area contributed by atoms with Crippen LogP contribution in [-0.2, 0) is 0 Å². The second-order valence-corrected chi connectivity index (χ2v) is 9.26. The fraction of sp³-hybridized carbons (Fsp3) is 0.318. The zero-order chi connectivity index (χ0) is 20.2. The summed E-state index contributed by atoms with van der Waals surface area (Å²) in [5.74, 6) is 0.846. The van der Waals surface area contributed by atoms with Crippen LogP contribution in [0.4, 0.5) is 4.39 Å². The maximum absolute atomic E-state index is 14.1. The van der Waals surface area contributed by atoms with Crippen molar-refractivity contribution in [1.82, 2.24) is 15.1 Å². The molecule has 0 radical (unpaired) electrons. The number of thioether (sulfide) groups is 1. The molecule has 1 fully saturated rings. The highest BCUT2D eigenvalue weighted by Crippen LogP contribution is 2.34. The molecule has 2 aromatic carbocycles. The zero-order valence-electron chi connectivity index (χ0n) is 16.2. The SMILES string of the molecule is CCSc1ccccc1C(=O)N1CCCC(c2nnc(-c3ccccc3F)s2)C1. The maximum atomic E-state index is 14.1. The van der Waals surface area contributed by atoms with Gasteiger partial charge in [0.1, 0.15) is 10.8 Å². The third kappa shape index (κ3) is 4.36. The molecule has 0 spiro atoms. The molecule has 1 saturated heterocycles. The Labute approximate surface area is 178 Å². The van der Waals surface area contributed by atoms with E-state index in [1.165, 1.54) is 17.4 Å². The van der Waals surface area contributed by atoms with Crippen molar-refractivity contribution in [2.24, 2.45) is 0 Å². The summed E-state index contributed by atoms with van der Waals surface area (Å²) in [6, 6.07) is 14.4. The van der Waals surface area contributed by atoms with E-state index in [1.807, 2.05) is 29.2 Å². The van der Waals surface area contributed by atoms with Gasteiger partial charge in [0, 0.05) is 29.5 Å². The number of benzene rings is 2. The third-order valence-electron chi connectivity index (χ3n) is 5.02. The van der Waals surface area contributed by atoms with Gasteiger partial charge >= 0.3 is 0 Å². The molecular weight excluding hydrogens is 405 g/mol. The second-order valence-electron chi connectivity index (χ2n) is 6.94. The number of halogens is 1. The van der Waals surface area contributed by atoms with Gasteiger partial charge < -0.3 is 4.90 Å². The molecule has 0 saturated carbocycles. The first-order valence-corrected chi connectivity index (χ1v) is 11.6. The van der Waals surface area contributed by atoms with E-state index in [9.17, 15) is 9.18 Å². The van der Waals surface area contributed by atoms with Crippen molar-refractivity contribution in [3.63, 3.8) is 0 Å². The van der Waals surface area contributed by atoms with Crippen molar-refractivity contribution in [3.05, 3.63) is 64.9 Å². The quantitative estimate of drug-likeness (QED) is 0.506. The monoisotopic (exact) mass is 427 g/mol. The number of nitrogens with zero attached hydrogens (tertiary/aromatic N) is 3. The lowest BCUT2D eigenvalue weighted by Crippen LogP contribution is -2.39. The van der Waals surface area contributed by atoms with Crippen LogP contribution < -0.4 is 0 Å². The molecule has 1 amide bonds. The van der Waals surface area contributed by atoms with Crippen molar-refractivity contribution >= 4 is 29.0 Å². The van der Waals surface area contributed by atoms with Gasteiger partial charge in [-0.05, 0) is 42.9 Å². The number of carbonyl (C=O) groups excluding carboxylic acids is 1. The summed E-state index contributed by atoms with van der Waals surface area (Å²) in [6.45, 7) is 3.46. The molecule has 150 valence electrons. The predicted octanol–water partition coefficient (Wildman–Crippen LogP) is 5.48. The lowest BCUT2D eigenvalue weighted by Gasteiger charge is -2.32. The fourth-order valence-electron chi connectivity index (χ4n) is 3.60. The lowest BCUT2D eigenvalue weighted by molar-refractivity contribution is 0.0703. The minimum atomic E-state index is -0.291. The summed E-state index contributed by atoms with van der Waals surface area (Å²) in [5.41, 5.74) is 1.25. The number of rotatable bonds is 5. The minimum Gasteiger partial charge on any atom is -0.338 e. The number of amides is 1. The van der Waals surface area contributed by atoms with E-state index in [-0.39, 0.29) is 17.6 Å². The Morgan fingerprint density at radius 2 is 2.00 bits per heavy atom. The number of aromatic nitrogens is 2. The Bertz CT molecular complexity index is 1010. The first-order chi connectivity index (χ1) is 14.2. The van der Waals surface area contributed by atoms with Gasteiger partial charge in [0.05, 0.1) is 5.56 Å². The minimum absolute atomic E-state index is 0.0742. The van der Waals surface area contributed by atoms with Crippen LogP contribution in [0.2, 0.25) is 0 Å². The fourth-order valence-corrected chi connectivity index (χ4v) is 5.39. The number of hydrogen-bond acceptors (Lipinski definition) is 5. The predicted molar refractivity (Wildman–Crippen MR) is 116 cm³/mol. The molecule has 29 heavy (non-hydrogen) atoms. The smallest absolute Gasteiger partial charge is 0.255 e. The summed E-state index contributed by atoms with van der Waals surface area (Å²) in [4.78, 5) is 16.1. The Kier molecular flexibility index (Phi) is 6.25. The van der Waals surface area contributed by atoms with Gasteiger partial charge in [0.15, 0.2) is 5.01 Å². The van der Waals surface area contributed by atoms with Crippen LogP contribution in [0.15, 0.2) is 53.4 Å². The molecule has 1 aliphatic heterocycles. The van der Waals surface area contributed by atoms with Crippen molar-refractivity contribution in [1.29, 1.82) is 0 Å². The van der Waals surface area contributed by atoms with E-state index in [0.717, 1.165) is 40.6 Å². The highest BCUT2D eigenvalue weighted by molar-refractivity contribution is 7.99. The first-order valence-electron chi connectivity index (χ1n) is 9.76. The Balaban J connectivity index is 1.52. The van der Waals surface area contributed by atoms with E-state index in [0.29, 0.717) is 17.1 Å². The Morgan fingerprint density at radius 3 is 2.83 bits per heavy atom. The molecule has 7 heteroatoms.